The smallest absolute Gasteiger partial charge is 0.296 e. The first-order valence-corrected chi connectivity index (χ1v) is 6.66. The number of hydrogen-bond acceptors (Lipinski definition) is 6. The maximum absolute atomic E-state index is 12.3. The number of ether oxygens (including phenoxy) is 2. The quantitative estimate of drug-likeness (QED) is 0.639. The topological polar surface area (TPSA) is 103 Å². The van der Waals surface area contributed by atoms with Gasteiger partial charge in [0, 0.05) is 12.6 Å². The van der Waals surface area contributed by atoms with Crippen LogP contribution in [0.15, 0.2) is 12.1 Å². The van der Waals surface area contributed by atoms with Gasteiger partial charge in [-0.25, -0.2) is 0 Å². The van der Waals surface area contributed by atoms with E-state index in [0.29, 0.717) is 18.0 Å². The number of amides is 1. The largest absolute Gasteiger partial charge is 0.454 e. The molecule has 1 aromatic carbocycles. The maximum Gasteiger partial charge on any atom is 0.296 e. The van der Waals surface area contributed by atoms with Gasteiger partial charge in [-0.2, -0.15) is 0 Å². The molecule has 1 amide bonds. The number of nitro benzene ring substituents is 1. The molecule has 2 heterocycles. The molecule has 0 aliphatic carbocycles. The fourth-order valence-corrected chi connectivity index (χ4v) is 2.57. The van der Waals surface area contributed by atoms with E-state index in [-0.39, 0.29) is 35.9 Å². The Bertz CT molecular complexity index is 604. The molecule has 0 radical (unpaired) electrons. The Kier molecular flexibility index (Phi) is 3.38. The molecule has 2 N–H and O–H groups in total. The van der Waals surface area contributed by atoms with Crippen molar-refractivity contribution in [3.05, 3.63) is 22.2 Å². The van der Waals surface area contributed by atoms with E-state index in [2.05, 4.69) is 10.6 Å². The molecule has 2 aliphatic rings. The normalized spacial score (nSPS) is 23.1. The van der Waals surface area contributed by atoms with E-state index in [1.165, 1.54) is 12.1 Å². The summed E-state index contributed by atoms with van der Waals surface area (Å²) < 4.78 is 10.3. The summed E-state index contributed by atoms with van der Waals surface area (Å²) in [5, 5.41) is 16.9. The molecule has 112 valence electrons. The summed E-state index contributed by atoms with van der Waals surface area (Å²) in [6, 6.07) is 2.71. The van der Waals surface area contributed by atoms with Crippen molar-refractivity contribution in [2.45, 2.75) is 6.92 Å². The van der Waals surface area contributed by atoms with E-state index in [4.69, 9.17) is 9.47 Å². The van der Waals surface area contributed by atoms with Crippen molar-refractivity contribution >= 4 is 17.3 Å². The Balaban J connectivity index is 1.87. The lowest BCUT2D eigenvalue weighted by Crippen LogP contribution is -2.28. The van der Waals surface area contributed by atoms with Crippen LogP contribution in [-0.4, -0.2) is 30.7 Å². The molecule has 8 nitrogen and oxygen atoms in total. The highest BCUT2D eigenvalue weighted by atomic mass is 16.7. The second-order valence-electron chi connectivity index (χ2n) is 5.21. The number of rotatable bonds is 3. The van der Waals surface area contributed by atoms with Gasteiger partial charge < -0.3 is 20.1 Å². The van der Waals surface area contributed by atoms with Crippen LogP contribution in [0, 0.1) is 22.0 Å². The lowest BCUT2D eigenvalue weighted by atomic mass is 9.97. The number of nitrogens with zero attached hydrogens (tertiary/aromatic N) is 1. The van der Waals surface area contributed by atoms with Gasteiger partial charge in [0.2, 0.25) is 12.7 Å². The summed E-state index contributed by atoms with van der Waals surface area (Å²) in [5.74, 6) is 0.478. The summed E-state index contributed by atoms with van der Waals surface area (Å²) in [6.45, 7) is 3.33. The van der Waals surface area contributed by atoms with Crippen molar-refractivity contribution in [1.29, 1.82) is 0 Å². The molecule has 0 unspecified atom stereocenters. The van der Waals surface area contributed by atoms with Gasteiger partial charge in [-0.1, -0.05) is 6.92 Å². The zero-order valence-corrected chi connectivity index (χ0v) is 11.4. The monoisotopic (exact) mass is 293 g/mol. The number of nitro groups is 1. The first-order valence-electron chi connectivity index (χ1n) is 6.66. The summed E-state index contributed by atoms with van der Waals surface area (Å²) in [5.41, 5.74) is -0.0699. The van der Waals surface area contributed by atoms with Gasteiger partial charge in [0.1, 0.15) is 5.69 Å². The number of carbonyl (C=O) groups is 1. The Morgan fingerprint density at radius 2 is 2.10 bits per heavy atom. The molecule has 21 heavy (non-hydrogen) atoms. The minimum Gasteiger partial charge on any atom is -0.454 e. The zero-order chi connectivity index (χ0) is 15.0. The van der Waals surface area contributed by atoms with Gasteiger partial charge in [0.15, 0.2) is 11.5 Å². The number of hydrogen-bond donors (Lipinski definition) is 2. The molecule has 2 aliphatic heterocycles. The number of nitrogens with one attached hydrogen (secondary N) is 2. The van der Waals surface area contributed by atoms with Gasteiger partial charge in [-0.05, 0) is 12.5 Å². The fraction of sp³-hybridized carbons (Fsp3) is 0.462. The van der Waals surface area contributed by atoms with E-state index in [1.54, 1.807) is 0 Å². The second-order valence-corrected chi connectivity index (χ2v) is 5.21. The van der Waals surface area contributed by atoms with E-state index in [0.717, 1.165) is 6.54 Å². The number of carbonyl (C=O) groups excluding carboxylic acids is 1. The molecule has 1 fully saturated rings. The number of benzene rings is 1. The van der Waals surface area contributed by atoms with Crippen LogP contribution in [0.3, 0.4) is 0 Å². The van der Waals surface area contributed by atoms with Gasteiger partial charge in [-0.3, -0.25) is 14.9 Å². The predicted molar refractivity (Wildman–Crippen MR) is 73.4 cm³/mol. The van der Waals surface area contributed by atoms with Crippen molar-refractivity contribution in [2.24, 2.45) is 11.8 Å². The van der Waals surface area contributed by atoms with Crippen molar-refractivity contribution in [1.82, 2.24) is 5.32 Å². The van der Waals surface area contributed by atoms with Crippen LogP contribution < -0.4 is 20.1 Å². The maximum atomic E-state index is 12.3. The molecule has 0 spiro atoms. The predicted octanol–water partition coefficient (Wildman–Crippen LogP) is 1.12. The van der Waals surface area contributed by atoms with Gasteiger partial charge in [-0.15, -0.1) is 0 Å². The third kappa shape index (κ3) is 2.49. The van der Waals surface area contributed by atoms with Gasteiger partial charge in [0.25, 0.3) is 5.69 Å². The molecular formula is C13H15N3O5. The first kappa shape index (κ1) is 13.6. The highest BCUT2D eigenvalue weighted by Gasteiger charge is 2.31. The van der Waals surface area contributed by atoms with E-state index < -0.39 is 4.92 Å². The van der Waals surface area contributed by atoms with Crippen molar-refractivity contribution in [2.75, 3.05) is 25.2 Å². The molecule has 0 saturated carbocycles. The van der Waals surface area contributed by atoms with Crippen LogP contribution in [0.4, 0.5) is 11.4 Å². The molecule has 0 aromatic heterocycles. The number of fused-ring (bicyclic) bond motifs is 1. The standard InChI is InChI=1S/C13H15N3O5/c1-7-4-14-5-8(7)13(17)15-9-2-11-12(21-6-20-11)3-10(9)16(18)19/h2-3,7-8,14H,4-6H2,1H3,(H,15,17)/t7-,8-/m1/s1. The van der Waals surface area contributed by atoms with Crippen LogP contribution >= 0.6 is 0 Å². The van der Waals surface area contributed by atoms with Crippen LogP contribution in [0.5, 0.6) is 11.5 Å². The molecule has 1 saturated heterocycles. The van der Waals surface area contributed by atoms with Gasteiger partial charge in [0.05, 0.1) is 16.9 Å². The summed E-state index contributed by atoms with van der Waals surface area (Å²) >= 11 is 0. The molecular weight excluding hydrogens is 278 g/mol. The van der Waals surface area contributed by atoms with Crippen molar-refractivity contribution < 1.29 is 19.2 Å². The molecule has 3 rings (SSSR count). The summed E-state index contributed by atoms with van der Waals surface area (Å²) in [7, 11) is 0. The third-order valence-electron chi connectivity index (χ3n) is 3.80. The van der Waals surface area contributed by atoms with E-state index in [1.807, 2.05) is 6.92 Å². The minimum absolute atomic E-state index is 0.0213. The molecule has 2 atom stereocenters. The van der Waals surface area contributed by atoms with E-state index in [9.17, 15) is 14.9 Å². The van der Waals surface area contributed by atoms with Crippen molar-refractivity contribution in [3.63, 3.8) is 0 Å². The van der Waals surface area contributed by atoms with Crippen LogP contribution in [0.1, 0.15) is 6.92 Å². The molecule has 8 heteroatoms. The highest BCUT2D eigenvalue weighted by Crippen LogP contribution is 2.40. The lowest BCUT2D eigenvalue weighted by molar-refractivity contribution is -0.384. The highest BCUT2D eigenvalue weighted by molar-refractivity contribution is 5.95. The van der Waals surface area contributed by atoms with Crippen LogP contribution in [0.25, 0.3) is 0 Å². The SMILES string of the molecule is C[C@@H]1CNC[C@H]1C(=O)Nc1cc2c(cc1[N+](=O)[O-])OCO2. The van der Waals surface area contributed by atoms with Crippen LogP contribution in [-0.2, 0) is 4.79 Å². The van der Waals surface area contributed by atoms with E-state index >= 15 is 0 Å². The first-order chi connectivity index (χ1) is 10.1. The summed E-state index contributed by atoms with van der Waals surface area (Å²) in [6.07, 6.45) is 0. The fourth-order valence-electron chi connectivity index (χ4n) is 2.57. The zero-order valence-electron chi connectivity index (χ0n) is 11.4. The Labute approximate surface area is 120 Å². The average molecular weight is 293 g/mol. The average Bonchev–Trinajstić information content (AvgIpc) is 3.05. The molecule has 1 aromatic rings. The third-order valence-corrected chi connectivity index (χ3v) is 3.80. The minimum atomic E-state index is -0.548. The van der Waals surface area contributed by atoms with Crippen LogP contribution in [0.2, 0.25) is 0 Å². The molecule has 0 bridgehead atoms. The second kappa shape index (κ2) is 5.21. The Morgan fingerprint density at radius 1 is 1.38 bits per heavy atom. The Hall–Kier alpha value is -2.35. The lowest BCUT2D eigenvalue weighted by Gasteiger charge is -2.14. The summed E-state index contributed by atoms with van der Waals surface area (Å²) in [4.78, 5) is 22.8. The Morgan fingerprint density at radius 3 is 2.71 bits per heavy atom. The van der Waals surface area contributed by atoms with Crippen molar-refractivity contribution in [3.8, 4) is 11.5 Å². The number of anilines is 1. The van der Waals surface area contributed by atoms with Gasteiger partial charge >= 0.3 is 0 Å².